The van der Waals surface area contributed by atoms with Crippen LogP contribution >= 0.6 is 0 Å². The van der Waals surface area contributed by atoms with Gasteiger partial charge in [-0.1, -0.05) is 0 Å². The van der Waals surface area contributed by atoms with E-state index in [4.69, 9.17) is 5.73 Å². The van der Waals surface area contributed by atoms with E-state index in [2.05, 4.69) is 17.1 Å². The first-order valence-corrected chi connectivity index (χ1v) is 5.21. The van der Waals surface area contributed by atoms with Crippen LogP contribution in [0.1, 0.15) is 6.92 Å². The van der Waals surface area contributed by atoms with E-state index < -0.39 is 0 Å². The average Bonchev–Trinajstić information content (AvgIpc) is 2.20. The Morgan fingerprint density at radius 2 is 2.33 bits per heavy atom. The van der Waals surface area contributed by atoms with Crippen LogP contribution in [0.5, 0.6) is 0 Å². The highest BCUT2D eigenvalue weighted by atomic mass is 19.1. The van der Waals surface area contributed by atoms with Gasteiger partial charge in [-0.2, -0.15) is 0 Å². The van der Waals surface area contributed by atoms with Crippen LogP contribution in [-0.2, 0) is 0 Å². The fraction of sp³-hybridized carbons (Fsp3) is 0.455. The quantitative estimate of drug-likeness (QED) is 0.683. The molecular formula is C11H16FN3. The second-order valence-electron chi connectivity index (χ2n) is 3.96. The van der Waals surface area contributed by atoms with Gasteiger partial charge in [-0.15, -0.1) is 0 Å². The van der Waals surface area contributed by atoms with Crippen molar-refractivity contribution in [2.45, 2.75) is 13.0 Å². The Kier molecular flexibility index (Phi) is 2.77. The van der Waals surface area contributed by atoms with Gasteiger partial charge in [0.15, 0.2) is 0 Å². The standard InChI is InChI=1S/C11H16FN3/c1-8-7-14-4-5-15(8)11-3-2-9(13)6-10(11)12/h2-3,6,8,14H,4-5,7,13H2,1H3/t8-/m0/s1. The minimum Gasteiger partial charge on any atom is -0.399 e. The van der Waals surface area contributed by atoms with Gasteiger partial charge in [-0.05, 0) is 25.1 Å². The van der Waals surface area contributed by atoms with Crippen LogP contribution in [0.25, 0.3) is 0 Å². The molecule has 0 amide bonds. The van der Waals surface area contributed by atoms with Gasteiger partial charge < -0.3 is 16.0 Å². The molecule has 4 heteroatoms. The first-order chi connectivity index (χ1) is 7.18. The summed E-state index contributed by atoms with van der Waals surface area (Å²) in [5.74, 6) is -0.233. The molecule has 0 aromatic heterocycles. The molecule has 1 aromatic carbocycles. The molecule has 2 rings (SSSR count). The van der Waals surface area contributed by atoms with Crippen molar-refractivity contribution < 1.29 is 4.39 Å². The maximum absolute atomic E-state index is 13.7. The first-order valence-electron chi connectivity index (χ1n) is 5.21. The van der Waals surface area contributed by atoms with E-state index in [1.807, 2.05) is 0 Å². The molecule has 3 nitrogen and oxygen atoms in total. The third-order valence-electron chi connectivity index (χ3n) is 2.78. The zero-order valence-electron chi connectivity index (χ0n) is 8.83. The van der Waals surface area contributed by atoms with Gasteiger partial charge in [0.2, 0.25) is 0 Å². The third kappa shape index (κ3) is 2.04. The number of hydrogen-bond donors (Lipinski definition) is 2. The predicted molar refractivity (Wildman–Crippen MR) is 60.5 cm³/mol. The number of piperazine rings is 1. The summed E-state index contributed by atoms with van der Waals surface area (Å²) in [5, 5.41) is 3.28. The Bertz CT molecular complexity index is 354. The van der Waals surface area contributed by atoms with Crippen molar-refractivity contribution in [2.24, 2.45) is 0 Å². The summed E-state index contributed by atoms with van der Waals surface area (Å²) >= 11 is 0. The number of nitrogens with one attached hydrogen (secondary N) is 1. The molecule has 1 aliphatic heterocycles. The Labute approximate surface area is 89.1 Å². The van der Waals surface area contributed by atoms with Crippen LogP contribution in [0.4, 0.5) is 15.8 Å². The van der Waals surface area contributed by atoms with Crippen LogP contribution in [0.2, 0.25) is 0 Å². The van der Waals surface area contributed by atoms with Crippen molar-refractivity contribution >= 4 is 11.4 Å². The molecule has 1 saturated heterocycles. The maximum Gasteiger partial charge on any atom is 0.148 e. The van der Waals surface area contributed by atoms with E-state index in [0.717, 1.165) is 19.6 Å². The van der Waals surface area contributed by atoms with Gasteiger partial charge in [0.25, 0.3) is 0 Å². The normalized spacial score (nSPS) is 21.7. The smallest absolute Gasteiger partial charge is 0.148 e. The van der Waals surface area contributed by atoms with E-state index in [1.54, 1.807) is 12.1 Å². The fourth-order valence-corrected chi connectivity index (χ4v) is 1.96. The molecule has 1 fully saturated rings. The van der Waals surface area contributed by atoms with Gasteiger partial charge >= 0.3 is 0 Å². The zero-order valence-corrected chi connectivity index (χ0v) is 8.83. The van der Waals surface area contributed by atoms with E-state index in [1.165, 1.54) is 6.07 Å². The minimum absolute atomic E-state index is 0.233. The number of nitrogens with two attached hydrogens (primary N) is 1. The molecule has 0 saturated carbocycles. The van der Waals surface area contributed by atoms with E-state index >= 15 is 0 Å². The second-order valence-corrected chi connectivity index (χ2v) is 3.96. The van der Waals surface area contributed by atoms with Gasteiger partial charge in [-0.3, -0.25) is 0 Å². The lowest BCUT2D eigenvalue weighted by molar-refractivity contribution is 0.491. The van der Waals surface area contributed by atoms with Crippen molar-refractivity contribution in [3.63, 3.8) is 0 Å². The number of benzene rings is 1. The fourth-order valence-electron chi connectivity index (χ4n) is 1.96. The number of halogens is 1. The van der Waals surface area contributed by atoms with Gasteiger partial charge in [0, 0.05) is 31.4 Å². The van der Waals surface area contributed by atoms with E-state index in [-0.39, 0.29) is 5.82 Å². The highest BCUT2D eigenvalue weighted by molar-refractivity contribution is 5.55. The summed E-state index contributed by atoms with van der Waals surface area (Å²) in [7, 11) is 0. The predicted octanol–water partition coefficient (Wildman–Crippen LogP) is 1.21. The maximum atomic E-state index is 13.7. The van der Waals surface area contributed by atoms with Gasteiger partial charge in [-0.25, -0.2) is 4.39 Å². The summed E-state index contributed by atoms with van der Waals surface area (Å²) in [5.41, 5.74) is 6.64. The van der Waals surface area contributed by atoms with E-state index in [9.17, 15) is 4.39 Å². The highest BCUT2D eigenvalue weighted by Gasteiger charge is 2.20. The van der Waals surface area contributed by atoms with Crippen molar-refractivity contribution in [2.75, 3.05) is 30.3 Å². The van der Waals surface area contributed by atoms with E-state index in [0.29, 0.717) is 17.4 Å². The number of rotatable bonds is 1. The minimum atomic E-state index is -0.233. The summed E-state index contributed by atoms with van der Waals surface area (Å²) in [6.07, 6.45) is 0. The largest absolute Gasteiger partial charge is 0.399 e. The summed E-state index contributed by atoms with van der Waals surface area (Å²) in [6.45, 7) is 4.71. The zero-order chi connectivity index (χ0) is 10.8. The Morgan fingerprint density at radius 1 is 1.53 bits per heavy atom. The summed E-state index contributed by atoms with van der Waals surface area (Å²) < 4.78 is 13.7. The molecule has 0 spiro atoms. The molecule has 82 valence electrons. The monoisotopic (exact) mass is 209 g/mol. The first kappa shape index (κ1) is 10.2. The van der Waals surface area contributed by atoms with Gasteiger partial charge in [0.1, 0.15) is 5.82 Å². The molecule has 3 N–H and O–H groups in total. The van der Waals surface area contributed by atoms with Crippen LogP contribution in [0.3, 0.4) is 0 Å². The molecule has 0 radical (unpaired) electrons. The Morgan fingerprint density at radius 3 is 3.00 bits per heavy atom. The lowest BCUT2D eigenvalue weighted by Crippen LogP contribution is -2.50. The SMILES string of the molecule is C[C@H]1CNCCN1c1ccc(N)cc1F. The lowest BCUT2D eigenvalue weighted by atomic mass is 10.1. The molecule has 1 aliphatic rings. The topological polar surface area (TPSA) is 41.3 Å². The average molecular weight is 209 g/mol. The molecule has 15 heavy (non-hydrogen) atoms. The highest BCUT2D eigenvalue weighted by Crippen LogP contribution is 2.23. The number of nitrogens with zero attached hydrogens (tertiary/aromatic N) is 1. The third-order valence-corrected chi connectivity index (χ3v) is 2.78. The van der Waals surface area contributed by atoms with Crippen molar-refractivity contribution in [3.8, 4) is 0 Å². The molecule has 1 aromatic rings. The number of anilines is 2. The molecule has 1 atom stereocenters. The lowest BCUT2D eigenvalue weighted by Gasteiger charge is -2.36. The van der Waals surface area contributed by atoms with Crippen molar-refractivity contribution in [1.82, 2.24) is 5.32 Å². The summed E-state index contributed by atoms with van der Waals surface area (Å²) in [6, 6.07) is 5.20. The van der Waals surface area contributed by atoms with Gasteiger partial charge in [0.05, 0.1) is 5.69 Å². The second kappa shape index (κ2) is 4.06. The Hall–Kier alpha value is -1.29. The number of nitrogen functional groups attached to an aromatic ring is 1. The van der Waals surface area contributed by atoms with Crippen LogP contribution in [0, 0.1) is 5.82 Å². The van der Waals surface area contributed by atoms with Crippen LogP contribution in [-0.4, -0.2) is 25.7 Å². The molecule has 1 heterocycles. The molecule has 0 bridgehead atoms. The molecule has 0 unspecified atom stereocenters. The Balaban J connectivity index is 2.27. The van der Waals surface area contributed by atoms with Crippen LogP contribution in [0.15, 0.2) is 18.2 Å². The summed E-state index contributed by atoms with van der Waals surface area (Å²) in [4.78, 5) is 2.07. The van der Waals surface area contributed by atoms with Crippen LogP contribution < -0.4 is 16.0 Å². The molecule has 0 aliphatic carbocycles. The van der Waals surface area contributed by atoms with Crippen molar-refractivity contribution in [1.29, 1.82) is 0 Å². The number of hydrogen-bond acceptors (Lipinski definition) is 3. The van der Waals surface area contributed by atoms with Crippen molar-refractivity contribution in [3.05, 3.63) is 24.0 Å². The molecular weight excluding hydrogens is 193 g/mol.